The van der Waals surface area contributed by atoms with Gasteiger partial charge in [0.15, 0.2) is 4.08 Å². The maximum absolute atomic E-state index is 12.9. The van der Waals surface area contributed by atoms with Crippen LogP contribution in [0.15, 0.2) is 12.1 Å². The van der Waals surface area contributed by atoms with E-state index in [9.17, 15) is 9.59 Å². The van der Waals surface area contributed by atoms with Gasteiger partial charge in [-0.1, -0.05) is 17.7 Å². The average Bonchev–Trinajstić information content (AvgIpc) is 2.91. The standard InChI is InChI=1S/C14H16N2O2S2/c1-8-5-9(2)12-10(6-8)14(19-3-4-20-14)13(18)16(12)7-11(15)17/h5-6H,3-4,7H2,1-2H3,(H2,15,17). The van der Waals surface area contributed by atoms with E-state index in [1.54, 1.807) is 28.4 Å². The van der Waals surface area contributed by atoms with E-state index in [2.05, 4.69) is 6.07 Å². The largest absolute Gasteiger partial charge is 0.368 e. The lowest BCUT2D eigenvalue weighted by Crippen LogP contribution is -2.40. The molecule has 0 aromatic heterocycles. The van der Waals surface area contributed by atoms with Gasteiger partial charge in [0, 0.05) is 17.1 Å². The number of carbonyl (C=O) groups is 2. The van der Waals surface area contributed by atoms with E-state index < -0.39 is 9.99 Å². The number of amides is 2. The minimum absolute atomic E-state index is 0.00694. The number of aryl methyl sites for hydroxylation is 2. The summed E-state index contributed by atoms with van der Waals surface area (Å²) in [5, 5.41) is 0. The van der Waals surface area contributed by atoms with Crippen LogP contribution in [0.25, 0.3) is 0 Å². The maximum Gasteiger partial charge on any atom is 0.258 e. The molecule has 2 heterocycles. The molecule has 1 aromatic rings. The molecule has 0 bridgehead atoms. The average molecular weight is 308 g/mol. The Morgan fingerprint density at radius 3 is 2.60 bits per heavy atom. The summed E-state index contributed by atoms with van der Waals surface area (Å²) in [6, 6.07) is 4.12. The molecule has 2 aliphatic heterocycles. The molecule has 0 unspecified atom stereocenters. The molecule has 0 radical (unpaired) electrons. The predicted octanol–water partition coefficient (Wildman–Crippen LogP) is 1.77. The summed E-state index contributed by atoms with van der Waals surface area (Å²) < 4.78 is -0.568. The first kappa shape index (κ1) is 13.8. The minimum Gasteiger partial charge on any atom is -0.368 e. The number of rotatable bonds is 2. The number of nitrogens with two attached hydrogens (primary N) is 1. The Morgan fingerprint density at radius 2 is 2.00 bits per heavy atom. The van der Waals surface area contributed by atoms with E-state index in [1.165, 1.54) is 0 Å². The van der Waals surface area contributed by atoms with Crippen LogP contribution in [0.1, 0.15) is 16.7 Å². The predicted molar refractivity (Wildman–Crippen MR) is 84.1 cm³/mol. The summed E-state index contributed by atoms with van der Waals surface area (Å²) in [5.41, 5.74) is 9.39. The van der Waals surface area contributed by atoms with Crippen molar-refractivity contribution in [1.82, 2.24) is 0 Å². The van der Waals surface area contributed by atoms with Crippen LogP contribution in [-0.4, -0.2) is 29.9 Å². The van der Waals surface area contributed by atoms with E-state index in [0.717, 1.165) is 33.9 Å². The monoisotopic (exact) mass is 308 g/mol. The number of hydrogen-bond donors (Lipinski definition) is 1. The first-order chi connectivity index (χ1) is 9.45. The van der Waals surface area contributed by atoms with Crippen LogP contribution >= 0.6 is 23.5 Å². The zero-order valence-corrected chi connectivity index (χ0v) is 13.1. The summed E-state index contributed by atoms with van der Waals surface area (Å²) in [4.78, 5) is 25.7. The van der Waals surface area contributed by atoms with Gasteiger partial charge in [-0.05, 0) is 19.4 Å². The van der Waals surface area contributed by atoms with Crippen molar-refractivity contribution in [3.63, 3.8) is 0 Å². The molecule has 20 heavy (non-hydrogen) atoms. The van der Waals surface area contributed by atoms with Crippen molar-refractivity contribution in [2.24, 2.45) is 5.73 Å². The molecule has 3 rings (SSSR count). The second kappa shape index (κ2) is 4.70. The number of anilines is 1. The molecular weight excluding hydrogens is 292 g/mol. The summed E-state index contributed by atoms with van der Waals surface area (Å²) >= 11 is 3.34. The van der Waals surface area contributed by atoms with Crippen LogP contribution in [0.3, 0.4) is 0 Å². The molecule has 1 aromatic carbocycles. The smallest absolute Gasteiger partial charge is 0.258 e. The normalized spacial score (nSPS) is 19.7. The summed E-state index contributed by atoms with van der Waals surface area (Å²) in [6.45, 7) is 3.97. The molecule has 6 heteroatoms. The third kappa shape index (κ3) is 1.85. The number of thioether (sulfide) groups is 2. The highest BCUT2D eigenvalue weighted by Crippen LogP contribution is 2.60. The number of nitrogens with zero attached hydrogens (tertiary/aromatic N) is 1. The van der Waals surface area contributed by atoms with E-state index >= 15 is 0 Å². The van der Waals surface area contributed by atoms with Crippen LogP contribution in [0.5, 0.6) is 0 Å². The van der Waals surface area contributed by atoms with Gasteiger partial charge in [0.1, 0.15) is 6.54 Å². The van der Waals surface area contributed by atoms with Crippen molar-refractivity contribution in [3.8, 4) is 0 Å². The molecule has 0 atom stereocenters. The number of fused-ring (bicyclic) bond motifs is 2. The van der Waals surface area contributed by atoms with Crippen LogP contribution in [0.4, 0.5) is 5.69 Å². The Labute approximate surface area is 126 Å². The molecule has 0 aliphatic carbocycles. The topological polar surface area (TPSA) is 63.4 Å². The molecular formula is C14H16N2O2S2. The Hall–Kier alpha value is -1.14. The lowest BCUT2D eigenvalue weighted by molar-refractivity contribution is -0.122. The molecule has 2 amide bonds. The van der Waals surface area contributed by atoms with Crippen LogP contribution in [0.2, 0.25) is 0 Å². The molecule has 1 saturated heterocycles. The summed E-state index contributed by atoms with van der Waals surface area (Å²) in [7, 11) is 0. The number of benzene rings is 1. The third-order valence-corrected chi connectivity index (χ3v) is 6.99. The molecule has 2 N–H and O–H groups in total. The molecule has 1 fully saturated rings. The Kier molecular flexibility index (Phi) is 3.25. The second-order valence-electron chi connectivity index (χ2n) is 5.15. The Morgan fingerprint density at radius 1 is 1.35 bits per heavy atom. The Balaban J connectivity index is 2.20. The number of primary amides is 1. The zero-order chi connectivity index (χ0) is 14.5. The van der Waals surface area contributed by atoms with Crippen molar-refractivity contribution in [3.05, 3.63) is 28.8 Å². The lowest BCUT2D eigenvalue weighted by atomic mass is 10.0. The number of carbonyl (C=O) groups excluding carboxylic acids is 2. The maximum atomic E-state index is 12.9. The molecule has 1 spiro atoms. The van der Waals surface area contributed by atoms with Gasteiger partial charge in [-0.25, -0.2) is 0 Å². The fraction of sp³-hybridized carbons (Fsp3) is 0.429. The van der Waals surface area contributed by atoms with Crippen LogP contribution < -0.4 is 10.6 Å². The molecule has 4 nitrogen and oxygen atoms in total. The summed E-state index contributed by atoms with van der Waals surface area (Å²) in [6.07, 6.45) is 0. The van der Waals surface area contributed by atoms with Gasteiger partial charge >= 0.3 is 0 Å². The zero-order valence-electron chi connectivity index (χ0n) is 11.4. The van der Waals surface area contributed by atoms with E-state index in [4.69, 9.17) is 5.73 Å². The van der Waals surface area contributed by atoms with Gasteiger partial charge in [-0.3, -0.25) is 9.59 Å². The van der Waals surface area contributed by atoms with Gasteiger partial charge < -0.3 is 10.6 Å². The number of hydrogen-bond acceptors (Lipinski definition) is 4. The van der Waals surface area contributed by atoms with Crippen molar-refractivity contribution in [2.75, 3.05) is 23.0 Å². The van der Waals surface area contributed by atoms with E-state index in [-0.39, 0.29) is 12.5 Å². The second-order valence-corrected chi connectivity index (χ2v) is 8.03. The third-order valence-electron chi connectivity index (χ3n) is 3.60. The van der Waals surface area contributed by atoms with Gasteiger partial charge in [0.25, 0.3) is 5.91 Å². The highest BCUT2D eigenvalue weighted by molar-refractivity contribution is 8.21. The van der Waals surface area contributed by atoms with Crippen molar-refractivity contribution in [2.45, 2.75) is 17.9 Å². The first-order valence-corrected chi connectivity index (χ1v) is 8.43. The minimum atomic E-state index is -0.568. The quantitative estimate of drug-likeness (QED) is 0.904. The fourth-order valence-corrected chi connectivity index (χ4v) is 6.13. The molecule has 2 aliphatic rings. The van der Waals surface area contributed by atoms with Crippen molar-refractivity contribution < 1.29 is 9.59 Å². The highest BCUT2D eigenvalue weighted by atomic mass is 32.2. The van der Waals surface area contributed by atoms with Gasteiger partial charge in [-0.15, -0.1) is 23.5 Å². The SMILES string of the molecule is Cc1cc(C)c2c(c1)C1(SCCS1)C(=O)N2CC(N)=O. The van der Waals surface area contributed by atoms with E-state index in [1.807, 2.05) is 19.9 Å². The van der Waals surface area contributed by atoms with Gasteiger partial charge in [0.2, 0.25) is 5.91 Å². The summed E-state index contributed by atoms with van der Waals surface area (Å²) in [5.74, 6) is 1.42. The molecule has 106 valence electrons. The van der Waals surface area contributed by atoms with Crippen molar-refractivity contribution in [1.29, 1.82) is 0 Å². The van der Waals surface area contributed by atoms with E-state index in [0.29, 0.717) is 0 Å². The fourth-order valence-electron chi connectivity index (χ4n) is 2.96. The Bertz CT molecular complexity index is 609. The van der Waals surface area contributed by atoms with Crippen molar-refractivity contribution >= 4 is 41.0 Å². The molecule has 0 saturated carbocycles. The first-order valence-electron chi connectivity index (χ1n) is 6.45. The van der Waals surface area contributed by atoms with Crippen LogP contribution in [-0.2, 0) is 13.7 Å². The van der Waals surface area contributed by atoms with Crippen LogP contribution in [0, 0.1) is 13.8 Å². The highest BCUT2D eigenvalue weighted by Gasteiger charge is 2.54. The van der Waals surface area contributed by atoms with Gasteiger partial charge in [0.05, 0.1) is 5.69 Å². The van der Waals surface area contributed by atoms with Gasteiger partial charge in [-0.2, -0.15) is 0 Å². The lowest BCUT2D eigenvalue weighted by Gasteiger charge is -2.21.